The number of thiocarbonyl (C=S) groups is 1. The summed E-state index contributed by atoms with van der Waals surface area (Å²) >= 11 is 12.2. The van der Waals surface area contributed by atoms with Crippen LogP contribution in [0.3, 0.4) is 0 Å². The third kappa shape index (κ3) is 2.32. The first-order chi connectivity index (χ1) is 5.24. The minimum absolute atomic E-state index is 0.578. The zero-order valence-electron chi connectivity index (χ0n) is 5.85. The molecule has 1 aromatic heterocycles. The summed E-state index contributed by atoms with van der Waals surface area (Å²) in [5, 5.41) is 9.81. The van der Waals surface area contributed by atoms with Crippen LogP contribution >= 0.6 is 35.2 Å². The largest absolute Gasteiger partial charge is 0.366 e. The molecule has 0 aliphatic rings. The molecule has 2 N–H and O–H groups in total. The van der Waals surface area contributed by atoms with Gasteiger partial charge in [-0.2, -0.15) is 0 Å². The van der Waals surface area contributed by atoms with Gasteiger partial charge in [0.2, 0.25) is 0 Å². The van der Waals surface area contributed by atoms with Crippen molar-refractivity contribution in [3.05, 3.63) is 16.5 Å². The van der Waals surface area contributed by atoms with Crippen LogP contribution < -0.4 is 10.6 Å². The molecule has 5 heteroatoms. The maximum absolute atomic E-state index is 5.80. The molecule has 0 spiro atoms. The maximum atomic E-state index is 5.80. The Bertz CT molecular complexity index is 259. The Morgan fingerprint density at radius 3 is 2.91 bits per heavy atom. The van der Waals surface area contributed by atoms with Crippen molar-refractivity contribution >= 4 is 45.3 Å². The van der Waals surface area contributed by atoms with Gasteiger partial charge in [-0.25, -0.2) is 0 Å². The molecular formula is C6H7ClN2S2. The molecule has 1 aromatic rings. The number of anilines is 1. The van der Waals surface area contributed by atoms with E-state index in [-0.39, 0.29) is 0 Å². The third-order valence-corrected chi connectivity index (χ3v) is 2.63. The van der Waals surface area contributed by atoms with E-state index >= 15 is 0 Å². The second kappa shape index (κ2) is 3.90. The van der Waals surface area contributed by atoms with E-state index < -0.39 is 0 Å². The second-order valence-electron chi connectivity index (χ2n) is 1.80. The Morgan fingerprint density at radius 2 is 2.45 bits per heavy atom. The summed E-state index contributed by atoms with van der Waals surface area (Å²) in [6, 6.07) is 1.83. The molecule has 0 aromatic carbocycles. The molecule has 0 saturated heterocycles. The Balaban J connectivity index is 2.64. The number of hydrogen-bond donors (Lipinski definition) is 2. The van der Waals surface area contributed by atoms with Crippen LogP contribution in [0.25, 0.3) is 0 Å². The fourth-order valence-electron chi connectivity index (χ4n) is 0.549. The van der Waals surface area contributed by atoms with Crippen LogP contribution in [-0.4, -0.2) is 12.2 Å². The number of halogens is 1. The summed E-state index contributed by atoms with van der Waals surface area (Å²) in [5.41, 5.74) is 0. The van der Waals surface area contributed by atoms with Crippen LogP contribution in [0.2, 0.25) is 5.02 Å². The van der Waals surface area contributed by atoms with Crippen molar-refractivity contribution in [1.82, 2.24) is 5.32 Å². The van der Waals surface area contributed by atoms with E-state index in [9.17, 15) is 0 Å². The van der Waals surface area contributed by atoms with Gasteiger partial charge in [0.15, 0.2) is 5.11 Å². The summed E-state index contributed by atoms with van der Waals surface area (Å²) in [4.78, 5) is 0. The molecule has 0 bridgehead atoms. The molecule has 11 heavy (non-hydrogen) atoms. The van der Waals surface area contributed by atoms with Crippen LogP contribution in [0.4, 0.5) is 5.00 Å². The molecule has 0 fully saturated rings. The molecule has 2 nitrogen and oxygen atoms in total. The van der Waals surface area contributed by atoms with Gasteiger partial charge in [-0.15, -0.1) is 11.3 Å². The molecule has 1 heterocycles. The SMILES string of the molecule is CNC(=S)Nc1sccc1Cl. The van der Waals surface area contributed by atoms with E-state index in [1.165, 1.54) is 11.3 Å². The van der Waals surface area contributed by atoms with Gasteiger partial charge in [-0.3, -0.25) is 0 Å². The fourth-order valence-corrected chi connectivity index (χ4v) is 1.72. The monoisotopic (exact) mass is 206 g/mol. The van der Waals surface area contributed by atoms with Crippen LogP contribution in [0.5, 0.6) is 0 Å². The van der Waals surface area contributed by atoms with Gasteiger partial charge in [0.05, 0.1) is 5.02 Å². The molecule has 0 aliphatic heterocycles. The van der Waals surface area contributed by atoms with Crippen molar-refractivity contribution in [2.75, 3.05) is 12.4 Å². The molecule has 60 valence electrons. The van der Waals surface area contributed by atoms with Crippen molar-refractivity contribution in [3.8, 4) is 0 Å². The molecule has 0 radical (unpaired) electrons. The van der Waals surface area contributed by atoms with Crippen molar-refractivity contribution in [3.63, 3.8) is 0 Å². The molecule has 0 saturated carbocycles. The topological polar surface area (TPSA) is 24.1 Å². The van der Waals surface area contributed by atoms with Crippen molar-refractivity contribution < 1.29 is 0 Å². The molecule has 0 atom stereocenters. The Hall–Kier alpha value is -0.320. The molecule has 0 unspecified atom stereocenters. The first-order valence-corrected chi connectivity index (χ1v) is 4.62. The molecule has 0 amide bonds. The highest BCUT2D eigenvalue weighted by Crippen LogP contribution is 2.27. The van der Waals surface area contributed by atoms with Crippen molar-refractivity contribution in [2.45, 2.75) is 0 Å². The fraction of sp³-hybridized carbons (Fsp3) is 0.167. The van der Waals surface area contributed by atoms with Gasteiger partial charge in [0, 0.05) is 7.05 Å². The zero-order chi connectivity index (χ0) is 8.27. The number of rotatable bonds is 1. The lowest BCUT2D eigenvalue weighted by atomic mass is 10.6. The van der Waals surface area contributed by atoms with Crippen LogP contribution in [0, 0.1) is 0 Å². The predicted octanol–water partition coefficient (Wildman–Crippen LogP) is 2.32. The summed E-state index contributed by atoms with van der Waals surface area (Å²) in [6.07, 6.45) is 0. The first-order valence-electron chi connectivity index (χ1n) is 2.95. The molecule has 1 rings (SSSR count). The zero-order valence-corrected chi connectivity index (χ0v) is 8.24. The van der Waals surface area contributed by atoms with E-state index in [1.54, 1.807) is 7.05 Å². The number of thiophene rings is 1. The van der Waals surface area contributed by atoms with E-state index in [0.29, 0.717) is 10.1 Å². The third-order valence-electron chi connectivity index (χ3n) is 1.07. The van der Waals surface area contributed by atoms with Gasteiger partial charge in [0.1, 0.15) is 5.00 Å². The first kappa shape index (κ1) is 8.77. The highest BCUT2D eigenvalue weighted by Gasteiger charge is 2.01. The normalized spacial score (nSPS) is 9.27. The standard InChI is InChI=1S/C6H7ClN2S2/c1-8-6(10)9-5-4(7)2-3-11-5/h2-3H,1H3,(H2,8,9,10). The lowest BCUT2D eigenvalue weighted by Crippen LogP contribution is -2.23. The Labute approximate surface area is 79.6 Å². The van der Waals surface area contributed by atoms with Gasteiger partial charge >= 0.3 is 0 Å². The van der Waals surface area contributed by atoms with Gasteiger partial charge in [-0.05, 0) is 23.7 Å². The maximum Gasteiger partial charge on any atom is 0.171 e. The van der Waals surface area contributed by atoms with Crippen LogP contribution in [-0.2, 0) is 0 Å². The Morgan fingerprint density at radius 1 is 1.73 bits per heavy atom. The van der Waals surface area contributed by atoms with Gasteiger partial charge in [0.25, 0.3) is 0 Å². The lowest BCUT2D eigenvalue weighted by Gasteiger charge is -2.03. The van der Waals surface area contributed by atoms with E-state index in [2.05, 4.69) is 10.6 Å². The number of nitrogens with one attached hydrogen (secondary N) is 2. The minimum Gasteiger partial charge on any atom is -0.366 e. The lowest BCUT2D eigenvalue weighted by molar-refractivity contribution is 1.20. The minimum atomic E-state index is 0.578. The summed E-state index contributed by atoms with van der Waals surface area (Å²) in [6.45, 7) is 0. The van der Waals surface area contributed by atoms with Crippen LogP contribution in [0.15, 0.2) is 11.4 Å². The summed E-state index contributed by atoms with van der Waals surface area (Å²) in [5.74, 6) is 0. The molecular weight excluding hydrogens is 200 g/mol. The van der Waals surface area contributed by atoms with Crippen molar-refractivity contribution in [1.29, 1.82) is 0 Å². The smallest absolute Gasteiger partial charge is 0.171 e. The van der Waals surface area contributed by atoms with Crippen molar-refractivity contribution in [2.24, 2.45) is 0 Å². The average Bonchev–Trinajstić information content (AvgIpc) is 2.37. The Kier molecular flexibility index (Phi) is 3.11. The van der Waals surface area contributed by atoms with E-state index in [0.717, 1.165) is 5.00 Å². The highest BCUT2D eigenvalue weighted by molar-refractivity contribution is 7.80. The summed E-state index contributed by atoms with van der Waals surface area (Å²) in [7, 11) is 1.76. The van der Waals surface area contributed by atoms with Gasteiger partial charge < -0.3 is 10.6 Å². The van der Waals surface area contributed by atoms with E-state index in [1.807, 2.05) is 11.4 Å². The molecule has 0 aliphatic carbocycles. The quantitative estimate of drug-likeness (QED) is 0.690. The van der Waals surface area contributed by atoms with Gasteiger partial charge in [-0.1, -0.05) is 11.6 Å². The average molecular weight is 207 g/mol. The predicted molar refractivity (Wildman–Crippen MR) is 54.6 cm³/mol. The number of hydrogen-bond acceptors (Lipinski definition) is 2. The highest BCUT2D eigenvalue weighted by atomic mass is 35.5. The van der Waals surface area contributed by atoms with Crippen LogP contribution in [0.1, 0.15) is 0 Å². The summed E-state index contributed by atoms with van der Waals surface area (Å²) < 4.78 is 0. The second-order valence-corrected chi connectivity index (χ2v) is 3.53. The van der Waals surface area contributed by atoms with E-state index in [4.69, 9.17) is 23.8 Å².